The fourth-order valence-electron chi connectivity index (χ4n) is 2.80. The monoisotopic (exact) mass is 434 g/mol. The summed E-state index contributed by atoms with van der Waals surface area (Å²) in [6.45, 7) is 4.21. The van der Waals surface area contributed by atoms with E-state index in [-0.39, 0.29) is 6.61 Å². The van der Waals surface area contributed by atoms with Crippen LogP contribution in [0.4, 0.5) is 10.5 Å². The summed E-state index contributed by atoms with van der Waals surface area (Å²) in [7, 11) is 0. The van der Waals surface area contributed by atoms with Crippen LogP contribution in [-0.2, 0) is 16.1 Å². The molecule has 0 saturated heterocycles. The second kappa shape index (κ2) is 11.4. The molecular formula is C25H26N2O5. The van der Waals surface area contributed by atoms with E-state index >= 15 is 0 Å². The summed E-state index contributed by atoms with van der Waals surface area (Å²) < 4.78 is 16.5. The highest BCUT2D eigenvalue weighted by Gasteiger charge is 2.18. The minimum absolute atomic E-state index is 0.125. The van der Waals surface area contributed by atoms with Crippen molar-refractivity contribution >= 4 is 17.7 Å². The average Bonchev–Trinajstić information content (AvgIpc) is 2.81. The number of ether oxygens (including phenoxy) is 3. The molecule has 1 atom stereocenters. The Balaban J connectivity index is 1.55. The molecule has 3 aromatic rings. The van der Waals surface area contributed by atoms with Crippen LogP contribution in [-0.4, -0.2) is 24.6 Å². The second-order valence-electron chi connectivity index (χ2n) is 6.92. The van der Waals surface area contributed by atoms with Crippen molar-refractivity contribution in [3.8, 4) is 17.2 Å². The Morgan fingerprint density at radius 3 is 2.25 bits per heavy atom. The van der Waals surface area contributed by atoms with Gasteiger partial charge in [0.15, 0.2) is 5.75 Å². The molecule has 166 valence electrons. The zero-order valence-electron chi connectivity index (χ0n) is 18.0. The van der Waals surface area contributed by atoms with Crippen LogP contribution in [0.2, 0.25) is 0 Å². The molecule has 32 heavy (non-hydrogen) atoms. The van der Waals surface area contributed by atoms with Crippen LogP contribution in [0.15, 0.2) is 78.9 Å². The van der Waals surface area contributed by atoms with Crippen molar-refractivity contribution in [2.24, 2.45) is 0 Å². The molecule has 0 fully saturated rings. The van der Waals surface area contributed by atoms with Crippen molar-refractivity contribution in [3.05, 3.63) is 84.4 Å². The van der Waals surface area contributed by atoms with E-state index in [0.29, 0.717) is 23.8 Å². The van der Waals surface area contributed by atoms with Gasteiger partial charge in [0.05, 0.1) is 12.3 Å². The van der Waals surface area contributed by atoms with Gasteiger partial charge in [-0.2, -0.15) is 0 Å². The highest BCUT2D eigenvalue weighted by molar-refractivity contribution is 5.97. The van der Waals surface area contributed by atoms with Crippen molar-refractivity contribution < 1.29 is 23.8 Å². The first-order chi connectivity index (χ1) is 15.5. The number of rotatable bonds is 9. The van der Waals surface area contributed by atoms with E-state index in [0.717, 1.165) is 11.3 Å². The third-order valence-corrected chi connectivity index (χ3v) is 4.45. The predicted molar refractivity (Wildman–Crippen MR) is 122 cm³/mol. The van der Waals surface area contributed by atoms with Crippen molar-refractivity contribution in [3.63, 3.8) is 0 Å². The van der Waals surface area contributed by atoms with Gasteiger partial charge in [0.1, 0.15) is 24.1 Å². The largest absolute Gasteiger partial charge is 0.494 e. The molecule has 7 heteroatoms. The Morgan fingerprint density at radius 2 is 1.53 bits per heavy atom. The molecule has 3 rings (SSSR count). The molecule has 0 spiro atoms. The third-order valence-electron chi connectivity index (χ3n) is 4.45. The molecule has 0 aromatic heterocycles. The van der Waals surface area contributed by atoms with Crippen LogP contribution in [0.25, 0.3) is 0 Å². The second-order valence-corrected chi connectivity index (χ2v) is 6.92. The van der Waals surface area contributed by atoms with Crippen LogP contribution in [0.3, 0.4) is 0 Å². The van der Waals surface area contributed by atoms with Crippen molar-refractivity contribution in [2.45, 2.75) is 26.5 Å². The van der Waals surface area contributed by atoms with E-state index in [1.807, 2.05) is 55.5 Å². The molecular weight excluding hydrogens is 408 g/mol. The van der Waals surface area contributed by atoms with Crippen molar-refractivity contribution in [1.82, 2.24) is 5.32 Å². The number of alkyl carbamates (subject to hydrolysis) is 1. The Hall–Kier alpha value is -4.00. The molecule has 0 bridgehead atoms. The van der Waals surface area contributed by atoms with E-state index in [1.165, 1.54) is 0 Å². The first-order valence-electron chi connectivity index (χ1n) is 10.3. The van der Waals surface area contributed by atoms with Gasteiger partial charge in [-0.15, -0.1) is 0 Å². The maximum absolute atomic E-state index is 12.6. The first-order valence-corrected chi connectivity index (χ1v) is 10.3. The Morgan fingerprint density at radius 1 is 0.875 bits per heavy atom. The zero-order chi connectivity index (χ0) is 22.8. The molecule has 2 amide bonds. The number of hydrogen-bond donors (Lipinski definition) is 2. The number of para-hydroxylation sites is 2. The highest BCUT2D eigenvalue weighted by atomic mass is 16.5. The fourth-order valence-corrected chi connectivity index (χ4v) is 2.80. The third kappa shape index (κ3) is 6.77. The van der Waals surface area contributed by atoms with E-state index in [1.54, 1.807) is 37.3 Å². The predicted octanol–water partition coefficient (Wildman–Crippen LogP) is 5.13. The molecule has 0 aliphatic carbocycles. The number of hydrogen-bond acceptors (Lipinski definition) is 5. The summed E-state index contributed by atoms with van der Waals surface area (Å²) in [5.41, 5.74) is 1.35. The van der Waals surface area contributed by atoms with Gasteiger partial charge in [-0.3, -0.25) is 4.79 Å². The number of benzene rings is 3. The van der Waals surface area contributed by atoms with Crippen LogP contribution in [0.5, 0.6) is 17.2 Å². The van der Waals surface area contributed by atoms with Crippen molar-refractivity contribution in [2.75, 3.05) is 11.9 Å². The van der Waals surface area contributed by atoms with Crippen LogP contribution < -0.4 is 20.1 Å². The van der Waals surface area contributed by atoms with Gasteiger partial charge < -0.3 is 24.8 Å². The summed E-state index contributed by atoms with van der Waals surface area (Å²) in [6.07, 6.45) is -0.671. The lowest BCUT2D eigenvalue weighted by Gasteiger charge is -2.16. The zero-order valence-corrected chi connectivity index (χ0v) is 18.0. The summed E-state index contributed by atoms with van der Waals surface area (Å²) in [5.74, 6) is 1.43. The number of carbonyl (C=O) groups excluding carboxylic acids is 2. The molecule has 7 nitrogen and oxygen atoms in total. The molecule has 3 aromatic carbocycles. The minimum atomic E-state index is -0.809. The fraction of sp³-hybridized carbons (Fsp3) is 0.200. The maximum Gasteiger partial charge on any atom is 0.408 e. The minimum Gasteiger partial charge on any atom is -0.494 e. The maximum atomic E-state index is 12.6. The van der Waals surface area contributed by atoms with Gasteiger partial charge in [0.2, 0.25) is 5.91 Å². The number of amides is 2. The quantitative estimate of drug-likeness (QED) is 0.488. The standard InChI is InChI=1S/C25H26N2O5/c1-3-30-20-13-15-21(16-14-20)32-23-12-8-7-11-22(23)27-24(28)18(2)26-25(29)31-17-19-9-5-4-6-10-19/h4-16,18H,3,17H2,1-2H3,(H,26,29)(H,27,28)/t18-/m1/s1. The summed E-state index contributed by atoms with van der Waals surface area (Å²) >= 11 is 0. The van der Waals surface area contributed by atoms with E-state index in [2.05, 4.69) is 10.6 Å². The average molecular weight is 434 g/mol. The molecule has 0 heterocycles. The van der Waals surface area contributed by atoms with Gasteiger partial charge in [-0.25, -0.2) is 4.79 Å². The number of carbonyl (C=O) groups is 2. The molecule has 0 aliphatic heterocycles. The van der Waals surface area contributed by atoms with Gasteiger partial charge in [0.25, 0.3) is 0 Å². The number of anilines is 1. The molecule has 0 radical (unpaired) electrons. The Labute approximate surface area is 187 Å². The SMILES string of the molecule is CCOc1ccc(Oc2ccccc2NC(=O)[C@@H](C)NC(=O)OCc2ccccc2)cc1. The topological polar surface area (TPSA) is 85.9 Å². The molecule has 0 saturated carbocycles. The Kier molecular flexibility index (Phi) is 8.09. The highest BCUT2D eigenvalue weighted by Crippen LogP contribution is 2.30. The Bertz CT molecular complexity index is 1020. The lowest BCUT2D eigenvalue weighted by Crippen LogP contribution is -2.41. The molecule has 0 aliphatic rings. The van der Waals surface area contributed by atoms with Gasteiger partial charge in [-0.1, -0.05) is 42.5 Å². The van der Waals surface area contributed by atoms with Crippen LogP contribution in [0, 0.1) is 0 Å². The van der Waals surface area contributed by atoms with E-state index in [4.69, 9.17) is 14.2 Å². The normalized spacial score (nSPS) is 11.2. The molecule has 0 unspecified atom stereocenters. The number of nitrogens with one attached hydrogen (secondary N) is 2. The van der Waals surface area contributed by atoms with Crippen molar-refractivity contribution in [1.29, 1.82) is 0 Å². The smallest absolute Gasteiger partial charge is 0.408 e. The molecule has 2 N–H and O–H groups in total. The van der Waals surface area contributed by atoms with E-state index < -0.39 is 18.0 Å². The van der Waals surface area contributed by atoms with Gasteiger partial charge in [-0.05, 0) is 55.8 Å². The van der Waals surface area contributed by atoms with Gasteiger partial charge >= 0.3 is 6.09 Å². The summed E-state index contributed by atoms with van der Waals surface area (Å²) in [6, 6.07) is 22.8. The van der Waals surface area contributed by atoms with Crippen LogP contribution >= 0.6 is 0 Å². The van der Waals surface area contributed by atoms with Gasteiger partial charge in [0, 0.05) is 0 Å². The first kappa shape index (κ1) is 22.7. The van der Waals surface area contributed by atoms with Crippen LogP contribution in [0.1, 0.15) is 19.4 Å². The van der Waals surface area contributed by atoms with E-state index in [9.17, 15) is 9.59 Å². The lowest BCUT2D eigenvalue weighted by molar-refractivity contribution is -0.117. The summed E-state index contributed by atoms with van der Waals surface area (Å²) in [4.78, 5) is 24.6. The lowest BCUT2D eigenvalue weighted by atomic mass is 10.2. The summed E-state index contributed by atoms with van der Waals surface area (Å²) in [5, 5.41) is 5.31.